The number of aryl methyl sites for hydroxylation is 1. The average molecular weight is 318 g/mol. The molecule has 1 aromatic heterocycles. The van der Waals surface area contributed by atoms with E-state index in [1.165, 1.54) is 34.9 Å². The number of nitrogens with zero attached hydrogens (tertiary/aromatic N) is 1. The summed E-state index contributed by atoms with van der Waals surface area (Å²) in [5, 5.41) is 8.73. The summed E-state index contributed by atoms with van der Waals surface area (Å²) >= 11 is 0. The van der Waals surface area contributed by atoms with Gasteiger partial charge in [0, 0.05) is 13.1 Å². The van der Waals surface area contributed by atoms with Crippen molar-refractivity contribution in [2.75, 3.05) is 14.1 Å². The Hall–Kier alpha value is -1.87. The Balaban J connectivity index is 3.24. The molecule has 0 aromatic carbocycles. The van der Waals surface area contributed by atoms with Crippen LogP contribution in [0, 0.1) is 6.92 Å². The smallest absolute Gasteiger partial charge is 0.329 e. The van der Waals surface area contributed by atoms with E-state index in [9.17, 15) is 18.0 Å². The number of amides is 1. The lowest BCUT2D eigenvalue weighted by Crippen LogP contribution is -2.50. The summed E-state index contributed by atoms with van der Waals surface area (Å²) in [5.41, 5.74) is -1.44. The van der Waals surface area contributed by atoms with Crippen molar-refractivity contribution in [2.24, 2.45) is 0 Å². The SMILES string of the molecule is CNS(=O)(=O)c1cc(C(=O)N(C)C(C)(C)C(=O)O)c(C)o1. The molecule has 0 spiro atoms. The summed E-state index contributed by atoms with van der Waals surface area (Å²) in [6, 6.07) is 1.08. The van der Waals surface area contributed by atoms with E-state index in [1.54, 1.807) is 0 Å². The van der Waals surface area contributed by atoms with E-state index < -0.39 is 32.5 Å². The van der Waals surface area contributed by atoms with Gasteiger partial charge in [-0.2, -0.15) is 0 Å². The minimum Gasteiger partial charge on any atom is -0.480 e. The number of carbonyl (C=O) groups excluding carboxylic acids is 1. The Morgan fingerprint density at radius 2 is 1.90 bits per heavy atom. The number of carboxylic acid groups (broad SMARTS) is 1. The molecule has 0 atom stereocenters. The molecule has 118 valence electrons. The van der Waals surface area contributed by atoms with Crippen LogP contribution in [-0.2, 0) is 14.8 Å². The Labute approximate surface area is 122 Å². The van der Waals surface area contributed by atoms with Crippen molar-refractivity contribution in [2.45, 2.75) is 31.4 Å². The number of hydrogen-bond acceptors (Lipinski definition) is 5. The molecule has 1 amide bonds. The number of carboxylic acids is 1. The van der Waals surface area contributed by atoms with E-state index in [4.69, 9.17) is 9.52 Å². The molecule has 21 heavy (non-hydrogen) atoms. The number of sulfonamides is 1. The summed E-state index contributed by atoms with van der Waals surface area (Å²) in [6.07, 6.45) is 0. The molecule has 0 unspecified atom stereocenters. The third-order valence-corrected chi connectivity index (χ3v) is 4.59. The molecule has 8 nitrogen and oxygen atoms in total. The number of carbonyl (C=O) groups is 2. The molecule has 9 heteroatoms. The second-order valence-electron chi connectivity index (χ2n) is 4.97. The van der Waals surface area contributed by atoms with Gasteiger partial charge in [-0.15, -0.1) is 0 Å². The fraction of sp³-hybridized carbons (Fsp3) is 0.500. The van der Waals surface area contributed by atoms with Crippen LogP contribution in [0.2, 0.25) is 0 Å². The van der Waals surface area contributed by atoms with Gasteiger partial charge in [0.1, 0.15) is 11.3 Å². The molecule has 0 saturated carbocycles. The van der Waals surface area contributed by atoms with Crippen molar-refractivity contribution in [3.8, 4) is 0 Å². The lowest BCUT2D eigenvalue weighted by molar-refractivity contribution is -0.147. The molecule has 0 aliphatic carbocycles. The van der Waals surface area contributed by atoms with Gasteiger partial charge < -0.3 is 14.4 Å². The molecule has 1 rings (SSSR count). The van der Waals surface area contributed by atoms with E-state index in [1.807, 2.05) is 0 Å². The van der Waals surface area contributed by atoms with Crippen molar-refractivity contribution < 1.29 is 27.5 Å². The van der Waals surface area contributed by atoms with Crippen LogP contribution in [0.15, 0.2) is 15.6 Å². The average Bonchev–Trinajstić information content (AvgIpc) is 2.79. The number of hydrogen-bond donors (Lipinski definition) is 2. The molecule has 0 radical (unpaired) electrons. The summed E-state index contributed by atoms with van der Waals surface area (Å²) in [7, 11) is -1.27. The van der Waals surface area contributed by atoms with E-state index >= 15 is 0 Å². The highest BCUT2D eigenvalue weighted by Crippen LogP contribution is 2.23. The van der Waals surface area contributed by atoms with Gasteiger partial charge in [-0.3, -0.25) is 4.79 Å². The van der Waals surface area contributed by atoms with Crippen LogP contribution in [0.3, 0.4) is 0 Å². The van der Waals surface area contributed by atoms with Crippen LogP contribution >= 0.6 is 0 Å². The van der Waals surface area contributed by atoms with Gasteiger partial charge >= 0.3 is 5.97 Å². The van der Waals surface area contributed by atoms with Gasteiger partial charge in [0.05, 0.1) is 5.56 Å². The Morgan fingerprint density at radius 3 is 2.33 bits per heavy atom. The summed E-state index contributed by atoms with van der Waals surface area (Å²) in [5.74, 6) is -1.72. The predicted octanol–water partition coefficient (Wildman–Crippen LogP) is 0.431. The Bertz CT molecular complexity index is 674. The zero-order valence-electron chi connectivity index (χ0n) is 12.4. The minimum atomic E-state index is -3.81. The first-order valence-corrected chi connectivity index (χ1v) is 7.49. The second-order valence-corrected chi connectivity index (χ2v) is 6.79. The first kappa shape index (κ1) is 17.2. The predicted molar refractivity (Wildman–Crippen MR) is 73.5 cm³/mol. The van der Waals surface area contributed by atoms with E-state index in [-0.39, 0.29) is 11.3 Å². The van der Waals surface area contributed by atoms with Crippen molar-refractivity contribution in [1.82, 2.24) is 9.62 Å². The largest absolute Gasteiger partial charge is 0.480 e. The van der Waals surface area contributed by atoms with Crippen molar-refractivity contribution in [3.05, 3.63) is 17.4 Å². The van der Waals surface area contributed by atoms with E-state index in [2.05, 4.69) is 4.72 Å². The first-order chi connectivity index (χ1) is 9.45. The first-order valence-electron chi connectivity index (χ1n) is 6.00. The molecular formula is C12H18N2O6S. The maximum Gasteiger partial charge on any atom is 0.329 e. The highest BCUT2D eigenvalue weighted by molar-refractivity contribution is 7.89. The summed E-state index contributed by atoms with van der Waals surface area (Å²) < 4.78 is 30.4. The molecule has 1 aromatic rings. The van der Waals surface area contributed by atoms with Crippen molar-refractivity contribution >= 4 is 21.9 Å². The monoisotopic (exact) mass is 318 g/mol. The quantitative estimate of drug-likeness (QED) is 0.813. The number of nitrogens with one attached hydrogen (secondary N) is 1. The van der Waals surface area contributed by atoms with Crippen molar-refractivity contribution in [1.29, 1.82) is 0 Å². The van der Waals surface area contributed by atoms with Gasteiger partial charge in [-0.1, -0.05) is 0 Å². The fourth-order valence-electron chi connectivity index (χ4n) is 1.48. The van der Waals surface area contributed by atoms with Gasteiger partial charge in [-0.05, 0) is 27.8 Å². The lowest BCUT2D eigenvalue weighted by Gasteiger charge is -2.31. The van der Waals surface area contributed by atoms with Crippen LogP contribution in [0.5, 0.6) is 0 Å². The standard InChI is InChI=1S/C12H18N2O6S/c1-7-8(6-9(20-7)21(18,19)13-4)10(15)14(5)12(2,3)11(16)17/h6,13H,1-5H3,(H,16,17). The van der Waals surface area contributed by atoms with Crippen LogP contribution in [0.4, 0.5) is 0 Å². The highest BCUT2D eigenvalue weighted by Gasteiger charge is 2.37. The lowest BCUT2D eigenvalue weighted by atomic mass is 10.0. The van der Waals surface area contributed by atoms with Crippen LogP contribution in [-0.4, -0.2) is 49.9 Å². The zero-order valence-corrected chi connectivity index (χ0v) is 13.2. The maximum absolute atomic E-state index is 12.3. The Morgan fingerprint density at radius 1 is 1.38 bits per heavy atom. The molecule has 1 heterocycles. The van der Waals surface area contributed by atoms with E-state index in [0.29, 0.717) is 0 Å². The van der Waals surface area contributed by atoms with Gasteiger partial charge in [0.15, 0.2) is 0 Å². The van der Waals surface area contributed by atoms with Crippen LogP contribution in [0.25, 0.3) is 0 Å². The van der Waals surface area contributed by atoms with Crippen molar-refractivity contribution in [3.63, 3.8) is 0 Å². The summed E-state index contributed by atoms with van der Waals surface area (Å²) in [4.78, 5) is 24.5. The van der Waals surface area contributed by atoms with Gasteiger partial charge in [0.2, 0.25) is 5.09 Å². The molecule has 0 bridgehead atoms. The van der Waals surface area contributed by atoms with E-state index in [0.717, 1.165) is 11.0 Å². The van der Waals surface area contributed by atoms with Gasteiger partial charge in [0.25, 0.3) is 15.9 Å². The second kappa shape index (κ2) is 5.49. The number of likely N-dealkylation sites (N-methyl/N-ethyl adjacent to an activating group) is 1. The number of rotatable bonds is 5. The molecular weight excluding hydrogens is 300 g/mol. The topological polar surface area (TPSA) is 117 Å². The minimum absolute atomic E-state index is 0.000602. The fourth-order valence-corrected chi connectivity index (χ4v) is 2.19. The molecule has 0 fully saturated rings. The molecule has 0 aliphatic heterocycles. The third kappa shape index (κ3) is 3.08. The molecule has 2 N–H and O–H groups in total. The molecule has 0 saturated heterocycles. The van der Waals surface area contributed by atoms with Crippen LogP contribution < -0.4 is 4.72 Å². The summed E-state index contributed by atoms with van der Waals surface area (Å²) in [6.45, 7) is 4.17. The number of furan rings is 1. The normalized spacial score (nSPS) is 12.2. The maximum atomic E-state index is 12.3. The van der Waals surface area contributed by atoms with Crippen LogP contribution in [0.1, 0.15) is 30.0 Å². The highest BCUT2D eigenvalue weighted by atomic mass is 32.2. The third-order valence-electron chi connectivity index (χ3n) is 3.33. The van der Waals surface area contributed by atoms with Gasteiger partial charge in [-0.25, -0.2) is 17.9 Å². The Kier molecular flexibility index (Phi) is 4.49. The molecule has 0 aliphatic rings. The number of aliphatic carboxylic acids is 1. The zero-order chi connectivity index (χ0) is 16.6.